The van der Waals surface area contributed by atoms with E-state index in [1.807, 2.05) is 0 Å². The highest BCUT2D eigenvalue weighted by Crippen LogP contribution is 2.40. The molecule has 2 aliphatic rings. The van der Waals surface area contributed by atoms with Crippen molar-refractivity contribution >= 4 is 5.97 Å². The zero-order chi connectivity index (χ0) is 14.2. The van der Waals surface area contributed by atoms with Gasteiger partial charge in [-0.2, -0.15) is 0 Å². The Morgan fingerprint density at radius 3 is 2.75 bits per heavy atom. The maximum atomic E-state index is 11.1. The number of epoxide rings is 1. The Bertz CT molecular complexity index is 493. The summed E-state index contributed by atoms with van der Waals surface area (Å²) < 4.78 is 5.73. The van der Waals surface area contributed by atoms with E-state index in [1.165, 1.54) is 11.1 Å². The summed E-state index contributed by atoms with van der Waals surface area (Å²) in [5, 5.41) is 9.16. The molecule has 20 heavy (non-hydrogen) atoms. The number of ether oxygens (including phenoxy) is 1. The zero-order valence-corrected chi connectivity index (χ0v) is 11.8. The average molecular weight is 275 g/mol. The summed E-state index contributed by atoms with van der Waals surface area (Å²) in [6, 6.07) is 8.46. The maximum Gasteiger partial charge on any atom is 0.307 e. The van der Waals surface area contributed by atoms with Crippen LogP contribution in [0.2, 0.25) is 0 Å². The molecule has 0 aromatic heterocycles. The molecule has 1 N–H and O–H groups in total. The molecule has 4 nitrogen and oxygen atoms in total. The van der Waals surface area contributed by atoms with Crippen molar-refractivity contribution in [1.82, 2.24) is 4.90 Å². The Balaban J connectivity index is 1.68. The number of hydrogen-bond donors (Lipinski definition) is 1. The molecule has 0 saturated carbocycles. The number of benzene rings is 1. The van der Waals surface area contributed by atoms with Crippen LogP contribution in [0.3, 0.4) is 0 Å². The van der Waals surface area contributed by atoms with E-state index in [9.17, 15) is 4.79 Å². The fraction of sp³-hybridized carbons (Fsp3) is 0.562. The average Bonchev–Trinajstić information content (AvgIpc) is 3.20. The van der Waals surface area contributed by atoms with Gasteiger partial charge in [0, 0.05) is 13.1 Å². The van der Waals surface area contributed by atoms with Crippen molar-refractivity contribution in [2.24, 2.45) is 5.92 Å². The molecule has 2 fully saturated rings. The summed E-state index contributed by atoms with van der Waals surface area (Å²) >= 11 is 0. The molecule has 108 valence electrons. The van der Waals surface area contributed by atoms with Crippen LogP contribution in [0.15, 0.2) is 24.3 Å². The van der Waals surface area contributed by atoms with Gasteiger partial charge >= 0.3 is 5.97 Å². The van der Waals surface area contributed by atoms with Crippen LogP contribution in [0.1, 0.15) is 24.0 Å². The second-order valence-electron chi connectivity index (χ2n) is 6.06. The van der Waals surface area contributed by atoms with Crippen LogP contribution in [-0.4, -0.2) is 42.2 Å². The van der Waals surface area contributed by atoms with Crippen LogP contribution >= 0.6 is 0 Å². The third kappa shape index (κ3) is 2.72. The lowest BCUT2D eigenvalue weighted by molar-refractivity contribution is -0.143. The fourth-order valence-electron chi connectivity index (χ4n) is 3.06. The van der Waals surface area contributed by atoms with Crippen molar-refractivity contribution in [3.05, 3.63) is 35.4 Å². The standard InChI is InChI=1S/C16H21NO3/c1-12-4-6-14(7-5-12)16(11-20-16)10-17-8-2-3-13(9-17)15(18)19/h4-7,13H,2-3,8-11H2,1H3,(H,18,19). The summed E-state index contributed by atoms with van der Waals surface area (Å²) in [5.74, 6) is -0.895. The maximum absolute atomic E-state index is 11.1. The van der Waals surface area contributed by atoms with Crippen molar-refractivity contribution in [2.45, 2.75) is 25.4 Å². The second-order valence-corrected chi connectivity index (χ2v) is 6.06. The number of likely N-dealkylation sites (tertiary alicyclic amines) is 1. The van der Waals surface area contributed by atoms with Crippen molar-refractivity contribution in [3.8, 4) is 0 Å². The van der Waals surface area contributed by atoms with E-state index in [2.05, 4.69) is 36.1 Å². The van der Waals surface area contributed by atoms with Gasteiger partial charge in [-0.15, -0.1) is 0 Å². The highest BCUT2D eigenvalue weighted by atomic mass is 16.6. The van der Waals surface area contributed by atoms with Crippen molar-refractivity contribution in [2.75, 3.05) is 26.2 Å². The minimum Gasteiger partial charge on any atom is -0.481 e. The largest absolute Gasteiger partial charge is 0.481 e. The van der Waals surface area contributed by atoms with Crippen LogP contribution < -0.4 is 0 Å². The molecule has 2 unspecified atom stereocenters. The monoisotopic (exact) mass is 275 g/mol. The van der Waals surface area contributed by atoms with Gasteiger partial charge in [-0.3, -0.25) is 9.69 Å². The SMILES string of the molecule is Cc1ccc(C2(CN3CCCC(C(=O)O)C3)CO2)cc1. The second kappa shape index (κ2) is 5.19. The van der Waals surface area contributed by atoms with Gasteiger partial charge in [-0.05, 0) is 31.9 Å². The molecule has 2 heterocycles. The Labute approximate surface area is 119 Å². The minimum atomic E-state index is -0.671. The van der Waals surface area contributed by atoms with Gasteiger partial charge in [0.2, 0.25) is 0 Å². The van der Waals surface area contributed by atoms with Crippen LogP contribution in [0.5, 0.6) is 0 Å². The lowest BCUT2D eigenvalue weighted by atomic mass is 9.94. The predicted octanol–water partition coefficient (Wildman–Crippen LogP) is 2.02. The minimum absolute atomic E-state index is 0.200. The zero-order valence-electron chi connectivity index (χ0n) is 11.8. The lowest BCUT2D eigenvalue weighted by Gasteiger charge is -2.32. The molecule has 1 aromatic carbocycles. The molecule has 0 aliphatic carbocycles. The molecular weight excluding hydrogens is 254 g/mol. The van der Waals surface area contributed by atoms with E-state index < -0.39 is 5.97 Å². The van der Waals surface area contributed by atoms with Gasteiger partial charge in [-0.25, -0.2) is 0 Å². The summed E-state index contributed by atoms with van der Waals surface area (Å²) in [6.45, 7) is 5.24. The van der Waals surface area contributed by atoms with E-state index in [-0.39, 0.29) is 11.5 Å². The molecule has 0 spiro atoms. The number of carbonyl (C=O) groups is 1. The molecule has 0 radical (unpaired) electrons. The third-order valence-corrected chi connectivity index (χ3v) is 4.40. The quantitative estimate of drug-likeness (QED) is 0.854. The van der Waals surface area contributed by atoms with Gasteiger partial charge < -0.3 is 9.84 Å². The molecule has 2 atom stereocenters. The van der Waals surface area contributed by atoms with Crippen molar-refractivity contribution in [3.63, 3.8) is 0 Å². The lowest BCUT2D eigenvalue weighted by Crippen LogP contribution is -2.42. The van der Waals surface area contributed by atoms with E-state index in [1.54, 1.807) is 0 Å². The Hall–Kier alpha value is -1.39. The van der Waals surface area contributed by atoms with Crippen LogP contribution in [0, 0.1) is 12.8 Å². The first kappa shape index (κ1) is 13.6. The predicted molar refractivity (Wildman–Crippen MR) is 75.6 cm³/mol. The number of aryl methyl sites for hydroxylation is 1. The number of rotatable bonds is 4. The van der Waals surface area contributed by atoms with Crippen LogP contribution in [-0.2, 0) is 15.1 Å². The first-order valence-electron chi connectivity index (χ1n) is 7.25. The molecule has 0 bridgehead atoms. The number of piperidine rings is 1. The molecule has 2 saturated heterocycles. The molecule has 3 rings (SSSR count). The van der Waals surface area contributed by atoms with Crippen LogP contribution in [0.4, 0.5) is 0 Å². The summed E-state index contributed by atoms with van der Waals surface area (Å²) in [4.78, 5) is 13.4. The number of hydrogen-bond acceptors (Lipinski definition) is 3. The van der Waals surface area contributed by atoms with E-state index in [4.69, 9.17) is 9.84 Å². The molecular formula is C16H21NO3. The van der Waals surface area contributed by atoms with Crippen molar-refractivity contribution < 1.29 is 14.6 Å². The smallest absolute Gasteiger partial charge is 0.307 e. The summed E-state index contributed by atoms with van der Waals surface area (Å²) in [7, 11) is 0. The highest BCUT2D eigenvalue weighted by Gasteiger charge is 2.48. The normalized spacial score (nSPS) is 30.1. The first-order chi connectivity index (χ1) is 9.59. The summed E-state index contributed by atoms with van der Waals surface area (Å²) in [5.41, 5.74) is 2.25. The van der Waals surface area contributed by atoms with Gasteiger partial charge in [-0.1, -0.05) is 29.8 Å². The van der Waals surface area contributed by atoms with Gasteiger partial charge in [0.1, 0.15) is 5.60 Å². The van der Waals surface area contributed by atoms with Gasteiger partial charge in [0.25, 0.3) is 0 Å². The first-order valence-corrected chi connectivity index (χ1v) is 7.25. The van der Waals surface area contributed by atoms with E-state index in [0.29, 0.717) is 6.54 Å². The Morgan fingerprint density at radius 2 is 2.15 bits per heavy atom. The van der Waals surface area contributed by atoms with Gasteiger partial charge in [0.05, 0.1) is 12.5 Å². The number of carboxylic acid groups (broad SMARTS) is 1. The van der Waals surface area contributed by atoms with Gasteiger partial charge in [0.15, 0.2) is 0 Å². The van der Waals surface area contributed by atoms with E-state index in [0.717, 1.165) is 32.5 Å². The highest BCUT2D eigenvalue weighted by molar-refractivity contribution is 5.70. The van der Waals surface area contributed by atoms with Crippen molar-refractivity contribution in [1.29, 1.82) is 0 Å². The fourth-order valence-corrected chi connectivity index (χ4v) is 3.06. The molecule has 0 amide bonds. The Morgan fingerprint density at radius 1 is 1.45 bits per heavy atom. The topological polar surface area (TPSA) is 53.1 Å². The van der Waals surface area contributed by atoms with E-state index >= 15 is 0 Å². The molecule has 2 aliphatic heterocycles. The molecule has 1 aromatic rings. The number of nitrogens with zero attached hydrogens (tertiary/aromatic N) is 1. The van der Waals surface area contributed by atoms with Crippen LogP contribution in [0.25, 0.3) is 0 Å². The molecule has 4 heteroatoms. The number of aliphatic carboxylic acids is 1. The summed E-state index contributed by atoms with van der Waals surface area (Å²) in [6.07, 6.45) is 1.76. The Kier molecular flexibility index (Phi) is 3.52. The number of carboxylic acids is 1. The third-order valence-electron chi connectivity index (χ3n) is 4.40.